The highest BCUT2D eigenvalue weighted by molar-refractivity contribution is 7.99. The molecule has 0 radical (unpaired) electrons. The topological polar surface area (TPSA) is 0 Å². The van der Waals surface area contributed by atoms with E-state index >= 15 is 0 Å². The first-order valence-electron chi connectivity index (χ1n) is 10.5. The summed E-state index contributed by atoms with van der Waals surface area (Å²) in [6, 6.07) is 10.9. The highest BCUT2D eigenvalue weighted by atomic mass is 32.2. The van der Waals surface area contributed by atoms with Crippen LogP contribution in [0, 0.1) is 0 Å². The monoisotopic (exact) mass is 348 g/mol. The summed E-state index contributed by atoms with van der Waals surface area (Å²) in [4.78, 5) is 0. The molecule has 0 heterocycles. The van der Waals surface area contributed by atoms with Gasteiger partial charge in [0.2, 0.25) is 0 Å². The molecule has 1 aromatic rings. The third-order valence-corrected chi connectivity index (χ3v) is 5.89. The normalized spacial score (nSPS) is 11.0. The number of thioether (sulfide) groups is 1. The van der Waals surface area contributed by atoms with Crippen molar-refractivity contribution in [2.75, 3.05) is 11.5 Å². The minimum atomic E-state index is 1.25. The first kappa shape index (κ1) is 21.6. The number of benzene rings is 1. The van der Waals surface area contributed by atoms with Gasteiger partial charge in [-0.15, -0.1) is 0 Å². The van der Waals surface area contributed by atoms with Crippen molar-refractivity contribution in [1.29, 1.82) is 0 Å². The molecule has 0 nitrogen and oxygen atoms in total. The zero-order chi connectivity index (χ0) is 17.1. The first-order chi connectivity index (χ1) is 11.9. The van der Waals surface area contributed by atoms with Crippen LogP contribution in [0.5, 0.6) is 0 Å². The summed E-state index contributed by atoms with van der Waals surface area (Å²) >= 11 is 2.18. The molecule has 0 aliphatic rings. The van der Waals surface area contributed by atoms with Gasteiger partial charge in [-0.25, -0.2) is 0 Å². The number of hydrogen-bond acceptors (Lipinski definition) is 1. The lowest BCUT2D eigenvalue weighted by atomic mass is 10.1. The van der Waals surface area contributed by atoms with Crippen LogP contribution < -0.4 is 0 Å². The maximum atomic E-state index is 2.29. The average molecular weight is 349 g/mol. The predicted molar refractivity (Wildman–Crippen MR) is 113 cm³/mol. The van der Waals surface area contributed by atoms with Crippen molar-refractivity contribution in [3.05, 3.63) is 35.9 Å². The van der Waals surface area contributed by atoms with Crippen LogP contribution in [-0.2, 0) is 6.42 Å². The van der Waals surface area contributed by atoms with Crippen LogP contribution in [0.3, 0.4) is 0 Å². The summed E-state index contributed by atoms with van der Waals surface area (Å²) in [7, 11) is 0. The standard InChI is InChI=1S/C23H40S/c1-2-3-4-5-6-7-8-9-10-16-21-24-22-17-12-15-20-23-18-13-11-14-19-23/h11,13-14,18-19H,2-10,12,15-17,20-22H2,1H3. The second-order valence-corrected chi connectivity index (χ2v) is 8.32. The van der Waals surface area contributed by atoms with Crippen molar-refractivity contribution in [3.8, 4) is 0 Å². The second-order valence-electron chi connectivity index (χ2n) is 7.09. The minimum Gasteiger partial charge on any atom is -0.162 e. The Balaban J connectivity index is 1.70. The SMILES string of the molecule is CCCCCCCCCCCCSCCCCCc1ccccc1. The molecule has 0 N–H and O–H groups in total. The first-order valence-corrected chi connectivity index (χ1v) is 11.7. The van der Waals surface area contributed by atoms with Gasteiger partial charge >= 0.3 is 0 Å². The predicted octanol–water partition coefficient (Wildman–Crippen LogP) is 8.05. The molecule has 0 fully saturated rings. The van der Waals surface area contributed by atoms with Crippen molar-refractivity contribution >= 4 is 11.8 Å². The molecule has 0 aromatic heterocycles. The smallest absolute Gasteiger partial charge is 0.00675 e. The van der Waals surface area contributed by atoms with Crippen LogP contribution in [-0.4, -0.2) is 11.5 Å². The molecule has 138 valence electrons. The number of rotatable bonds is 17. The third kappa shape index (κ3) is 14.0. The zero-order valence-electron chi connectivity index (χ0n) is 16.1. The zero-order valence-corrected chi connectivity index (χ0v) is 16.9. The Hall–Kier alpha value is -0.430. The van der Waals surface area contributed by atoms with E-state index in [4.69, 9.17) is 0 Å². The van der Waals surface area contributed by atoms with E-state index in [0.717, 1.165) is 0 Å². The molecule has 0 saturated carbocycles. The summed E-state index contributed by atoms with van der Waals surface area (Å²) in [5.41, 5.74) is 1.50. The molecule has 0 aliphatic heterocycles. The van der Waals surface area contributed by atoms with Gasteiger partial charge in [0, 0.05) is 0 Å². The van der Waals surface area contributed by atoms with E-state index in [2.05, 4.69) is 49.0 Å². The van der Waals surface area contributed by atoms with Crippen molar-refractivity contribution in [2.24, 2.45) is 0 Å². The van der Waals surface area contributed by atoms with Crippen molar-refractivity contribution < 1.29 is 0 Å². The van der Waals surface area contributed by atoms with Gasteiger partial charge in [-0.05, 0) is 42.8 Å². The summed E-state index contributed by atoms with van der Waals surface area (Å²) in [5, 5.41) is 0. The lowest BCUT2D eigenvalue weighted by Gasteiger charge is -2.04. The van der Waals surface area contributed by atoms with Gasteiger partial charge in [-0.2, -0.15) is 11.8 Å². The average Bonchev–Trinajstić information content (AvgIpc) is 2.62. The number of unbranched alkanes of at least 4 members (excludes halogenated alkanes) is 11. The van der Waals surface area contributed by atoms with E-state index in [-0.39, 0.29) is 0 Å². The van der Waals surface area contributed by atoms with Gasteiger partial charge in [0.1, 0.15) is 0 Å². The van der Waals surface area contributed by atoms with E-state index in [9.17, 15) is 0 Å². The third-order valence-electron chi connectivity index (χ3n) is 4.74. The summed E-state index contributed by atoms with van der Waals surface area (Å²) in [6.45, 7) is 2.29. The van der Waals surface area contributed by atoms with Gasteiger partial charge in [0.25, 0.3) is 0 Å². The van der Waals surface area contributed by atoms with Gasteiger partial charge in [-0.3, -0.25) is 0 Å². The molecule has 1 rings (SSSR count). The van der Waals surface area contributed by atoms with Crippen LogP contribution in [0.25, 0.3) is 0 Å². The fourth-order valence-corrected chi connectivity index (χ4v) is 4.17. The Morgan fingerprint density at radius 3 is 1.67 bits per heavy atom. The maximum Gasteiger partial charge on any atom is -0.00675 e. The van der Waals surface area contributed by atoms with Crippen LogP contribution in [0.15, 0.2) is 30.3 Å². The minimum absolute atomic E-state index is 1.25. The molecule has 0 atom stereocenters. The molecule has 0 saturated heterocycles. The van der Waals surface area contributed by atoms with E-state index in [1.807, 2.05) is 0 Å². The van der Waals surface area contributed by atoms with E-state index < -0.39 is 0 Å². The van der Waals surface area contributed by atoms with Crippen molar-refractivity contribution in [2.45, 2.75) is 96.8 Å². The lowest BCUT2D eigenvalue weighted by Crippen LogP contribution is -1.88. The van der Waals surface area contributed by atoms with Crippen LogP contribution in [0.4, 0.5) is 0 Å². The molecule has 0 spiro atoms. The molecule has 0 aliphatic carbocycles. The van der Waals surface area contributed by atoms with Crippen molar-refractivity contribution in [1.82, 2.24) is 0 Å². The van der Waals surface area contributed by atoms with Gasteiger partial charge < -0.3 is 0 Å². The van der Waals surface area contributed by atoms with Crippen LogP contribution in [0.2, 0.25) is 0 Å². The van der Waals surface area contributed by atoms with Crippen LogP contribution in [0.1, 0.15) is 96.0 Å². The maximum absolute atomic E-state index is 2.29. The van der Waals surface area contributed by atoms with Gasteiger partial charge in [-0.1, -0.05) is 101 Å². The molecular weight excluding hydrogens is 308 g/mol. The van der Waals surface area contributed by atoms with Gasteiger partial charge in [0.05, 0.1) is 0 Å². The highest BCUT2D eigenvalue weighted by Crippen LogP contribution is 2.14. The molecule has 0 bridgehead atoms. The Morgan fingerprint density at radius 1 is 0.583 bits per heavy atom. The Morgan fingerprint density at radius 2 is 1.08 bits per heavy atom. The van der Waals surface area contributed by atoms with Gasteiger partial charge in [0.15, 0.2) is 0 Å². The highest BCUT2D eigenvalue weighted by Gasteiger charge is 1.95. The molecular formula is C23H40S. The summed E-state index contributed by atoms with van der Waals surface area (Å²) in [6.07, 6.45) is 19.9. The molecule has 0 amide bonds. The molecule has 24 heavy (non-hydrogen) atoms. The fraction of sp³-hybridized carbons (Fsp3) is 0.739. The Bertz CT molecular complexity index is 346. The Labute approximate surface area is 156 Å². The molecule has 0 unspecified atom stereocenters. The van der Waals surface area contributed by atoms with Crippen LogP contribution >= 0.6 is 11.8 Å². The van der Waals surface area contributed by atoms with E-state index in [0.29, 0.717) is 0 Å². The summed E-state index contributed by atoms with van der Waals surface area (Å²) in [5.74, 6) is 2.75. The summed E-state index contributed by atoms with van der Waals surface area (Å²) < 4.78 is 0. The van der Waals surface area contributed by atoms with E-state index in [1.165, 1.54) is 107 Å². The second kappa shape index (κ2) is 17.4. The Kier molecular flexibility index (Phi) is 15.7. The van der Waals surface area contributed by atoms with E-state index in [1.54, 1.807) is 0 Å². The number of aryl methyl sites for hydroxylation is 1. The molecule has 1 aromatic carbocycles. The largest absolute Gasteiger partial charge is 0.162 e. The lowest BCUT2D eigenvalue weighted by molar-refractivity contribution is 0.563. The quantitative estimate of drug-likeness (QED) is 0.257. The molecule has 1 heteroatoms. The van der Waals surface area contributed by atoms with Crippen molar-refractivity contribution in [3.63, 3.8) is 0 Å². The fourth-order valence-electron chi connectivity index (χ4n) is 3.15. The number of hydrogen-bond donors (Lipinski definition) is 0.